The van der Waals surface area contributed by atoms with Crippen LogP contribution < -0.4 is 19.5 Å². The number of fused-ring (bicyclic) bond motifs is 4. The number of hydrogen-bond acceptors (Lipinski definition) is 7. The van der Waals surface area contributed by atoms with Gasteiger partial charge in [-0.1, -0.05) is 6.07 Å². The van der Waals surface area contributed by atoms with E-state index in [4.69, 9.17) is 23.4 Å². The van der Waals surface area contributed by atoms with Gasteiger partial charge in [-0.05, 0) is 62.1 Å². The third kappa shape index (κ3) is 4.81. The van der Waals surface area contributed by atoms with Crippen molar-refractivity contribution in [2.45, 2.75) is 38.6 Å². The molecule has 34 heavy (non-hydrogen) atoms. The van der Waals surface area contributed by atoms with Gasteiger partial charge in [-0.2, -0.15) is 0 Å². The molecule has 0 saturated heterocycles. The highest BCUT2D eigenvalue weighted by atomic mass is 16.6. The fraction of sp³-hybridized carbons (Fsp3) is 0.385. The molecule has 1 N–H and O–H groups in total. The lowest BCUT2D eigenvalue weighted by Gasteiger charge is -2.21. The van der Waals surface area contributed by atoms with Gasteiger partial charge in [-0.25, -0.2) is 4.79 Å². The van der Waals surface area contributed by atoms with E-state index in [2.05, 4.69) is 5.32 Å². The molecule has 5 rings (SSSR count). The van der Waals surface area contributed by atoms with Crippen LogP contribution in [0.4, 0.5) is 0 Å². The number of benzene rings is 2. The summed E-state index contributed by atoms with van der Waals surface area (Å²) in [5.41, 5.74) is 2.94. The Morgan fingerprint density at radius 2 is 1.82 bits per heavy atom. The number of esters is 1. The van der Waals surface area contributed by atoms with Crippen LogP contribution in [-0.4, -0.2) is 38.3 Å². The van der Waals surface area contributed by atoms with Crippen LogP contribution in [0.3, 0.4) is 0 Å². The van der Waals surface area contributed by atoms with E-state index in [0.29, 0.717) is 30.5 Å². The maximum Gasteiger partial charge on any atom is 0.344 e. The highest BCUT2D eigenvalue weighted by Crippen LogP contribution is 2.34. The summed E-state index contributed by atoms with van der Waals surface area (Å²) in [4.78, 5) is 24.4. The number of carbonyl (C=O) groups excluding carboxylic acids is 2. The summed E-state index contributed by atoms with van der Waals surface area (Å²) in [6.45, 7) is 2.20. The second-order valence-corrected chi connectivity index (χ2v) is 8.51. The molecule has 3 aromatic rings. The van der Waals surface area contributed by atoms with E-state index in [0.717, 1.165) is 48.0 Å². The SMILES string of the molecule is CC(NC(=O)COC(=O)COc1ccc2oc3c(c2c1)CCCC3)c1ccc2c(c1)OCCO2. The molecule has 1 aliphatic carbocycles. The van der Waals surface area contributed by atoms with Gasteiger partial charge in [-0.15, -0.1) is 0 Å². The molecule has 2 aromatic carbocycles. The standard InChI is InChI=1S/C26H27NO7/c1-16(17-6-8-23-24(12-17)31-11-10-30-23)27-25(28)14-33-26(29)15-32-18-7-9-22-20(13-18)19-4-2-3-5-21(19)34-22/h6-9,12-13,16H,2-5,10-11,14-15H2,1H3,(H,27,28). The van der Waals surface area contributed by atoms with Gasteiger partial charge in [0.1, 0.15) is 30.3 Å². The number of hydrogen-bond donors (Lipinski definition) is 1. The fourth-order valence-electron chi connectivity index (χ4n) is 4.36. The molecule has 8 heteroatoms. The first-order valence-corrected chi connectivity index (χ1v) is 11.6. The summed E-state index contributed by atoms with van der Waals surface area (Å²) in [6, 6.07) is 10.8. The molecule has 0 spiro atoms. The summed E-state index contributed by atoms with van der Waals surface area (Å²) in [7, 11) is 0. The molecular formula is C26H27NO7. The van der Waals surface area contributed by atoms with Crippen molar-refractivity contribution in [1.29, 1.82) is 0 Å². The molecule has 1 atom stereocenters. The number of amides is 1. The quantitative estimate of drug-likeness (QED) is 0.529. The maximum atomic E-state index is 12.3. The van der Waals surface area contributed by atoms with Crippen molar-refractivity contribution >= 4 is 22.8 Å². The first-order chi connectivity index (χ1) is 16.6. The van der Waals surface area contributed by atoms with Gasteiger partial charge in [0.15, 0.2) is 24.7 Å². The van der Waals surface area contributed by atoms with Crippen LogP contribution in [0, 0.1) is 0 Å². The van der Waals surface area contributed by atoms with Gasteiger partial charge < -0.3 is 28.7 Å². The Bertz CT molecular complexity index is 1220. The minimum absolute atomic E-state index is 0.281. The number of rotatable bonds is 7. The van der Waals surface area contributed by atoms with Gasteiger partial charge in [-0.3, -0.25) is 4.79 Å². The van der Waals surface area contributed by atoms with Gasteiger partial charge in [0.25, 0.3) is 5.91 Å². The molecular weight excluding hydrogens is 438 g/mol. The van der Waals surface area contributed by atoms with Gasteiger partial charge in [0.05, 0.1) is 6.04 Å². The Morgan fingerprint density at radius 1 is 1.00 bits per heavy atom. The number of furan rings is 1. The van der Waals surface area contributed by atoms with E-state index in [1.807, 2.05) is 37.3 Å². The molecule has 8 nitrogen and oxygen atoms in total. The maximum absolute atomic E-state index is 12.3. The summed E-state index contributed by atoms with van der Waals surface area (Å²) >= 11 is 0. The number of ether oxygens (including phenoxy) is 4. The molecule has 178 valence electrons. The zero-order valence-corrected chi connectivity index (χ0v) is 19.1. The number of aryl methyl sites for hydroxylation is 2. The van der Waals surface area contributed by atoms with E-state index in [1.165, 1.54) is 5.56 Å². The van der Waals surface area contributed by atoms with Crippen LogP contribution in [0.2, 0.25) is 0 Å². The molecule has 2 aliphatic rings. The molecule has 1 unspecified atom stereocenters. The monoisotopic (exact) mass is 465 g/mol. The predicted molar refractivity (Wildman–Crippen MR) is 123 cm³/mol. The molecule has 0 bridgehead atoms. The lowest BCUT2D eigenvalue weighted by Crippen LogP contribution is -2.32. The molecule has 2 heterocycles. The molecule has 0 saturated carbocycles. The molecule has 1 aliphatic heterocycles. The van der Waals surface area contributed by atoms with E-state index < -0.39 is 11.9 Å². The van der Waals surface area contributed by atoms with Crippen molar-refractivity contribution < 1.29 is 33.0 Å². The van der Waals surface area contributed by atoms with Crippen LogP contribution in [0.1, 0.15) is 42.7 Å². The van der Waals surface area contributed by atoms with E-state index >= 15 is 0 Å². The lowest BCUT2D eigenvalue weighted by molar-refractivity contribution is -0.150. The van der Waals surface area contributed by atoms with Gasteiger partial charge in [0, 0.05) is 17.4 Å². The second kappa shape index (κ2) is 9.67. The zero-order valence-electron chi connectivity index (χ0n) is 19.1. The van der Waals surface area contributed by atoms with Crippen LogP contribution in [0.15, 0.2) is 40.8 Å². The Hall–Kier alpha value is -3.68. The third-order valence-electron chi connectivity index (χ3n) is 6.09. The number of carbonyl (C=O) groups is 2. The fourth-order valence-corrected chi connectivity index (χ4v) is 4.36. The Morgan fingerprint density at radius 3 is 2.71 bits per heavy atom. The minimum Gasteiger partial charge on any atom is -0.486 e. The predicted octanol–water partition coefficient (Wildman–Crippen LogP) is 3.88. The summed E-state index contributed by atoms with van der Waals surface area (Å²) in [6.07, 6.45) is 4.24. The van der Waals surface area contributed by atoms with E-state index in [9.17, 15) is 9.59 Å². The first-order valence-electron chi connectivity index (χ1n) is 11.6. The minimum atomic E-state index is -0.614. The third-order valence-corrected chi connectivity index (χ3v) is 6.09. The zero-order chi connectivity index (χ0) is 23.5. The normalized spacial score (nSPS) is 15.3. The topological polar surface area (TPSA) is 96.2 Å². The van der Waals surface area contributed by atoms with Crippen molar-refractivity contribution in [3.63, 3.8) is 0 Å². The summed E-state index contributed by atoms with van der Waals surface area (Å²) < 4.78 is 27.7. The average Bonchev–Trinajstić information content (AvgIpc) is 3.24. The molecule has 0 fully saturated rings. The number of nitrogens with one attached hydrogen (secondary N) is 1. The molecule has 1 aromatic heterocycles. The Kier molecular flexibility index (Phi) is 6.29. The highest BCUT2D eigenvalue weighted by Gasteiger charge is 2.19. The molecule has 1 amide bonds. The summed E-state index contributed by atoms with van der Waals surface area (Å²) in [5, 5.41) is 3.85. The van der Waals surface area contributed by atoms with Gasteiger partial charge >= 0.3 is 5.97 Å². The smallest absolute Gasteiger partial charge is 0.344 e. The van der Waals surface area contributed by atoms with Crippen LogP contribution in [0.5, 0.6) is 17.2 Å². The Balaban J connectivity index is 1.10. The van der Waals surface area contributed by atoms with Crippen molar-refractivity contribution in [2.75, 3.05) is 26.4 Å². The van der Waals surface area contributed by atoms with Crippen molar-refractivity contribution in [3.05, 3.63) is 53.3 Å². The van der Waals surface area contributed by atoms with Crippen LogP contribution >= 0.6 is 0 Å². The van der Waals surface area contributed by atoms with Gasteiger partial charge in [0.2, 0.25) is 0 Å². The van der Waals surface area contributed by atoms with Crippen LogP contribution in [0.25, 0.3) is 11.0 Å². The second-order valence-electron chi connectivity index (χ2n) is 8.51. The van der Waals surface area contributed by atoms with Crippen molar-refractivity contribution in [2.24, 2.45) is 0 Å². The molecule has 0 radical (unpaired) electrons. The Labute approximate surface area is 197 Å². The van der Waals surface area contributed by atoms with Crippen molar-refractivity contribution in [1.82, 2.24) is 5.32 Å². The largest absolute Gasteiger partial charge is 0.486 e. The van der Waals surface area contributed by atoms with Crippen molar-refractivity contribution in [3.8, 4) is 17.2 Å². The first kappa shape index (κ1) is 22.1. The van der Waals surface area contributed by atoms with E-state index in [1.54, 1.807) is 6.07 Å². The lowest BCUT2D eigenvalue weighted by atomic mass is 9.96. The van der Waals surface area contributed by atoms with E-state index in [-0.39, 0.29) is 19.3 Å². The highest BCUT2D eigenvalue weighted by molar-refractivity contribution is 5.84. The summed E-state index contributed by atoms with van der Waals surface area (Å²) in [5.74, 6) is 1.94. The van der Waals surface area contributed by atoms with Crippen LogP contribution in [-0.2, 0) is 27.2 Å². The average molecular weight is 466 g/mol.